The quantitative estimate of drug-likeness (QED) is 0.872. The molecule has 2 heterocycles. The molecule has 1 amide bonds. The molecule has 0 aliphatic carbocycles. The van der Waals surface area contributed by atoms with Crippen LogP contribution >= 0.6 is 0 Å². The Balaban J connectivity index is 2.11. The lowest BCUT2D eigenvalue weighted by atomic mass is 10.2. The first kappa shape index (κ1) is 15.3. The third-order valence-electron chi connectivity index (χ3n) is 2.87. The summed E-state index contributed by atoms with van der Waals surface area (Å²) in [5, 5.41) is 2.36. The predicted molar refractivity (Wildman–Crippen MR) is 74.3 cm³/mol. The van der Waals surface area contributed by atoms with E-state index in [2.05, 4.69) is 10.0 Å². The zero-order valence-corrected chi connectivity index (χ0v) is 12.7. The van der Waals surface area contributed by atoms with Crippen molar-refractivity contribution in [1.82, 2.24) is 10.0 Å². The summed E-state index contributed by atoms with van der Waals surface area (Å²) >= 11 is 0. The predicted octanol–water partition coefficient (Wildman–Crippen LogP) is 1.58. The van der Waals surface area contributed by atoms with Crippen LogP contribution in [0.3, 0.4) is 0 Å². The molecule has 2 rings (SSSR count). The molecule has 0 fully saturated rings. The van der Waals surface area contributed by atoms with Crippen LogP contribution in [0.1, 0.15) is 35.0 Å². The summed E-state index contributed by atoms with van der Waals surface area (Å²) in [6.45, 7) is 3.56. The maximum absolute atomic E-state index is 12.0. The van der Waals surface area contributed by atoms with E-state index in [1.54, 1.807) is 26.0 Å². The van der Waals surface area contributed by atoms with Crippen molar-refractivity contribution in [3.8, 4) is 0 Å². The SMILES string of the molecule is CNS(=O)(=O)c1ccc(C(=O)N[C@H](C)c2ccc(C)o2)o1. The van der Waals surface area contributed by atoms with Gasteiger partial charge in [0.25, 0.3) is 15.9 Å². The molecule has 0 aliphatic rings. The fourth-order valence-corrected chi connectivity index (χ4v) is 2.36. The van der Waals surface area contributed by atoms with Crippen molar-refractivity contribution in [1.29, 1.82) is 0 Å². The van der Waals surface area contributed by atoms with Crippen molar-refractivity contribution in [2.24, 2.45) is 0 Å². The van der Waals surface area contributed by atoms with Crippen LogP contribution in [0.5, 0.6) is 0 Å². The van der Waals surface area contributed by atoms with E-state index in [0.717, 1.165) is 5.76 Å². The highest BCUT2D eigenvalue weighted by atomic mass is 32.2. The molecule has 2 N–H and O–H groups in total. The summed E-state index contributed by atoms with van der Waals surface area (Å²) in [5.41, 5.74) is 0. The zero-order valence-electron chi connectivity index (χ0n) is 11.8. The molecular weight excluding hydrogens is 296 g/mol. The van der Waals surface area contributed by atoms with E-state index >= 15 is 0 Å². The third kappa shape index (κ3) is 3.34. The van der Waals surface area contributed by atoms with Gasteiger partial charge in [-0.25, -0.2) is 13.1 Å². The van der Waals surface area contributed by atoms with Gasteiger partial charge >= 0.3 is 0 Å². The lowest BCUT2D eigenvalue weighted by Crippen LogP contribution is -2.26. The van der Waals surface area contributed by atoms with Gasteiger partial charge in [-0.2, -0.15) is 0 Å². The minimum atomic E-state index is -3.70. The molecule has 0 spiro atoms. The first-order chi connectivity index (χ1) is 9.83. The normalized spacial score (nSPS) is 13.1. The summed E-state index contributed by atoms with van der Waals surface area (Å²) in [5.74, 6) is 0.745. The van der Waals surface area contributed by atoms with Crippen LogP contribution < -0.4 is 10.0 Å². The second-order valence-electron chi connectivity index (χ2n) is 4.47. The highest BCUT2D eigenvalue weighted by Gasteiger charge is 2.21. The van der Waals surface area contributed by atoms with E-state index in [9.17, 15) is 13.2 Å². The zero-order chi connectivity index (χ0) is 15.6. The second kappa shape index (κ2) is 5.74. The van der Waals surface area contributed by atoms with E-state index in [1.807, 2.05) is 0 Å². The number of carbonyl (C=O) groups is 1. The summed E-state index contributed by atoms with van der Waals surface area (Å²) in [6, 6.07) is 5.73. The van der Waals surface area contributed by atoms with E-state index in [1.165, 1.54) is 19.2 Å². The molecule has 0 aromatic carbocycles. The fraction of sp³-hybridized carbons (Fsp3) is 0.308. The maximum atomic E-state index is 12.0. The Bertz CT molecular complexity index is 744. The number of furan rings is 2. The highest BCUT2D eigenvalue weighted by molar-refractivity contribution is 7.89. The van der Waals surface area contributed by atoms with Gasteiger partial charge in [0, 0.05) is 0 Å². The highest BCUT2D eigenvalue weighted by Crippen LogP contribution is 2.18. The fourth-order valence-electron chi connectivity index (χ4n) is 1.71. The molecule has 2 aromatic heterocycles. The van der Waals surface area contributed by atoms with Crippen molar-refractivity contribution < 1.29 is 22.0 Å². The molecule has 0 saturated heterocycles. The van der Waals surface area contributed by atoms with Crippen LogP contribution in [0.4, 0.5) is 0 Å². The van der Waals surface area contributed by atoms with Gasteiger partial charge in [-0.3, -0.25) is 4.79 Å². The molecule has 21 heavy (non-hydrogen) atoms. The Kier molecular flexibility index (Phi) is 4.19. The Hall–Kier alpha value is -2.06. The molecule has 2 aromatic rings. The van der Waals surface area contributed by atoms with Crippen LogP contribution in [0.2, 0.25) is 0 Å². The minimum Gasteiger partial charge on any atom is -0.464 e. The van der Waals surface area contributed by atoms with E-state index in [4.69, 9.17) is 8.83 Å². The smallest absolute Gasteiger partial charge is 0.287 e. The largest absolute Gasteiger partial charge is 0.464 e. The molecule has 114 valence electrons. The van der Waals surface area contributed by atoms with E-state index in [-0.39, 0.29) is 16.9 Å². The van der Waals surface area contributed by atoms with Gasteiger partial charge < -0.3 is 14.2 Å². The van der Waals surface area contributed by atoms with Gasteiger partial charge in [-0.05, 0) is 45.2 Å². The molecule has 1 atom stereocenters. The summed E-state index contributed by atoms with van der Waals surface area (Å²) in [4.78, 5) is 12.0. The van der Waals surface area contributed by atoms with Gasteiger partial charge in [0.1, 0.15) is 11.5 Å². The van der Waals surface area contributed by atoms with E-state index < -0.39 is 15.9 Å². The first-order valence-electron chi connectivity index (χ1n) is 6.24. The average molecular weight is 312 g/mol. The van der Waals surface area contributed by atoms with Crippen LogP contribution in [-0.2, 0) is 10.0 Å². The number of carbonyl (C=O) groups excluding carboxylic acids is 1. The molecule has 0 aliphatic heterocycles. The van der Waals surface area contributed by atoms with Gasteiger partial charge in [-0.15, -0.1) is 0 Å². The summed E-state index contributed by atoms with van der Waals surface area (Å²) < 4.78 is 35.6. The van der Waals surface area contributed by atoms with Crippen LogP contribution in [0.25, 0.3) is 0 Å². The van der Waals surface area contributed by atoms with Gasteiger partial charge in [-0.1, -0.05) is 0 Å². The molecule has 8 heteroatoms. The number of aryl methyl sites for hydroxylation is 1. The Morgan fingerprint density at radius 2 is 1.90 bits per heavy atom. The molecule has 0 radical (unpaired) electrons. The van der Waals surface area contributed by atoms with Crippen molar-refractivity contribution in [2.75, 3.05) is 7.05 Å². The Labute approximate surface area is 122 Å². The number of nitrogens with one attached hydrogen (secondary N) is 2. The minimum absolute atomic E-state index is 0.0843. The van der Waals surface area contributed by atoms with Crippen LogP contribution in [0.15, 0.2) is 38.2 Å². The molecular formula is C13H16N2O5S. The van der Waals surface area contributed by atoms with Crippen molar-refractivity contribution in [3.63, 3.8) is 0 Å². The Morgan fingerprint density at radius 3 is 2.48 bits per heavy atom. The summed E-state index contributed by atoms with van der Waals surface area (Å²) in [6.07, 6.45) is 0. The maximum Gasteiger partial charge on any atom is 0.287 e. The van der Waals surface area contributed by atoms with Crippen molar-refractivity contribution in [3.05, 3.63) is 41.5 Å². The number of hydrogen-bond donors (Lipinski definition) is 2. The third-order valence-corrected chi connectivity index (χ3v) is 4.16. The van der Waals surface area contributed by atoms with Crippen LogP contribution in [0, 0.1) is 6.92 Å². The number of hydrogen-bond acceptors (Lipinski definition) is 5. The van der Waals surface area contributed by atoms with Crippen LogP contribution in [-0.4, -0.2) is 21.4 Å². The van der Waals surface area contributed by atoms with Gasteiger partial charge in [0.2, 0.25) is 5.09 Å². The number of sulfonamides is 1. The number of rotatable bonds is 5. The summed E-state index contributed by atoms with van der Waals surface area (Å²) in [7, 11) is -2.44. The molecule has 0 unspecified atom stereocenters. The number of amides is 1. The average Bonchev–Trinajstić information content (AvgIpc) is 3.07. The molecule has 0 saturated carbocycles. The standard InChI is InChI=1S/C13H16N2O5S/c1-8-4-5-10(19-8)9(2)15-13(16)11-6-7-12(20-11)21(17,18)14-3/h4-7,9,14H,1-3H3,(H,15,16)/t9-/m1/s1. The second-order valence-corrected chi connectivity index (χ2v) is 6.29. The molecule has 7 nitrogen and oxygen atoms in total. The van der Waals surface area contributed by atoms with Gasteiger partial charge in [0.15, 0.2) is 5.76 Å². The first-order valence-corrected chi connectivity index (χ1v) is 7.72. The van der Waals surface area contributed by atoms with Crippen molar-refractivity contribution in [2.45, 2.75) is 25.0 Å². The topological polar surface area (TPSA) is 102 Å². The lowest BCUT2D eigenvalue weighted by molar-refractivity contribution is 0.0901. The van der Waals surface area contributed by atoms with Crippen molar-refractivity contribution >= 4 is 15.9 Å². The van der Waals surface area contributed by atoms with Gasteiger partial charge in [0.05, 0.1) is 6.04 Å². The van der Waals surface area contributed by atoms with E-state index in [0.29, 0.717) is 5.76 Å². The lowest BCUT2D eigenvalue weighted by Gasteiger charge is -2.09. The molecule has 0 bridgehead atoms. The Morgan fingerprint density at radius 1 is 1.19 bits per heavy atom. The monoisotopic (exact) mass is 312 g/mol.